The fourth-order valence-electron chi connectivity index (χ4n) is 2.29. The van der Waals surface area contributed by atoms with E-state index in [1.165, 1.54) is 0 Å². The quantitative estimate of drug-likeness (QED) is 0.858. The number of ether oxygens (including phenoxy) is 1. The van der Waals surface area contributed by atoms with E-state index in [1.54, 1.807) is 19.2 Å². The van der Waals surface area contributed by atoms with Crippen LogP contribution in [0, 0.1) is 17.2 Å². The molecule has 4 nitrogen and oxygen atoms in total. The molecule has 0 bridgehead atoms. The van der Waals surface area contributed by atoms with Crippen LogP contribution in [0.2, 0.25) is 0 Å². The summed E-state index contributed by atoms with van der Waals surface area (Å²) < 4.78 is 5.15. The number of anilines is 1. The predicted octanol–water partition coefficient (Wildman–Crippen LogP) is 3.35. The summed E-state index contributed by atoms with van der Waals surface area (Å²) in [7, 11) is 1.63. The van der Waals surface area contributed by atoms with Gasteiger partial charge in [0.25, 0.3) is 0 Å². The summed E-state index contributed by atoms with van der Waals surface area (Å²) >= 11 is 0. The second kappa shape index (κ2) is 7.48. The Hall–Kier alpha value is -2.51. The van der Waals surface area contributed by atoms with E-state index in [0.717, 1.165) is 17.0 Å². The van der Waals surface area contributed by atoms with Gasteiger partial charge in [-0.25, -0.2) is 0 Å². The van der Waals surface area contributed by atoms with E-state index in [1.807, 2.05) is 43.3 Å². The summed E-state index contributed by atoms with van der Waals surface area (Å²) in [4.78, 5) is 0. The van der Waals surface area contributed by atoms with Gasteiger partial charge in [-0.2, -0.15) is 5.26 Å². The molecule has 0 amide bonds. The molecule has 0 saturated carbocycles. The Bertz CT molecular complexity index is 630. The van der Waals surface area contributed by atoms with Gasteiger partial charge in [-0.05, 0) is 42.0 Å². The summed E-state index contributed by atoms with van der Waals surface area (Å²) in [6.07, 6.45) is 0. The molecule has 0 aromatic heterocycles. The zero-order chi connectivity index (χ0) is 15.9. The number of nitrogens with one attached hydrogen (secondary N) is 1. The Morgan fingerprint density at radius 1 is 1.14 bits per heavy atom. The van der Waals surface area contributed by atoms with Crippen LogP contribution in [0.5, 0.6) is 5.75 Å². The van der Waals surface area contributed by atoms with Gasteiger partial charge in [0.2, 0.25) is 0 Å². The summed E-state index contributed by atoms with van der Waals surface area (Å²) in [6, 6.07) is 17.2. The van der Waals surface area contributed by atoms with Gasteiger partial charge in [-0.15, -0.1) is 0 Å². The minimum atomic E-state index is -0.0360. The first-order valence-electron chi connectivity index (χ1n) is 7.19. The van der Waals surface area contributed by atoms with Gasteiger partial charge in [0.05, 0.1) is 24.8 Å². The standard InChI is InChI=1S/C18H20N2O2/c1-13(12-21)18(15-5-3-14(11-19)4-6-15)20-16-7-9-17(22-2)10-8-16/h3-10,13,18,20-21H,12H2,1-2H3/t13-,18+/m1/s1. The molecule has 0 spiro atoms. The Kier molecular flexibility index (Phi) is 5.40. The van der Waals surface area contributed by atoms with Gasteiger partial charge < -0.3 is 15.2 Å². The van der Waals surface area contributed by atoms with Crippen molar-refractivity contribution >= 4 is 5.69 Å². The molecule has 2 aromatic rings. The summed E-state index contributed by atoms with van der Waals surface area (Å²) in [5.41, 5.74) is 2.62. The third kappa shape index (κ3) is 3.78. The maximum Gasteiger partial charge on any atom is 0.119 e. The van der Waals surface area contributed by atoms with Crippen LogP contribution in [-0.4, -0.2) is 18.8 Å². The normalized spacial score (nSPS) is 13.0. The van der Waals surface area contributed by atoms with Crippen LogP contribution in [0.3, 0.4) is 0 Å². The second-order valence-corrected chi connectivity index (χ2v) is 5.24. The number of aliphatic hydroxyl groups is 1. The van der Waals surface area contributed by atoms with E-state index < -0.39 is 0 Å². The number of aliphatic hydroxyl groups excluding tert-OH is 1. The first-order valence-corrected chi connectivity index (χ1v) is 7.19. The van der Waals surface area contributed by atoms with Crippen molar-refractivity contribution in [1.82, 2.24) is 0 Å². The molecule has 0 saturated heterocycles. The lowest BCUT2D eigenvalue weighted by Gasteiger charge is -2.25. The van der Waals surface area contributed by atoms with Crippen LogP contribution in [0.25, 0.3) is 0 Å². The van der Waals surface area contributed by atoms with Crippen LogP contribution in [0.1, 0.15) is 24.1 Å². The Labute approximate surface area is 131 Å². The van der Waals surface area contributed by atoms with Crippen molar-refractivity contribution in [3.8, 4) is 11.8 Å². The molecule has 0 radical (unpaired) electrons. The first-order chi connectivity index (χ1) is 10.7. The van der Waals surface area contributed by atoms with Crippen molar-refractivity contribution in [2.75, 3.05) is 19.0 Å². The SMILES string of the molecule is COc1ccc(N[C@H](c2ccc(C#N)cc2)[C@H](C)CO)cc1. The van der Waals surface area contributed by atoms with Crippen molar-refractivity contribution in [3.05, 3.63) is 59.7 Å². The molecule has 0 aliphatic carbocycles. The Morgan fingerprint density at radius 2 is 1.77 bits per heavy atom. The molecule has 2 atom stereocenters. The van der Waals surface area contributed by atoms with Gasteiger partial charge in [0, 0.05) is 18.2 Å². The van der Waals surface area contributed by atoms with Crippen LogP contribution in [0.4, 0.5) is 5.69 Å². The molecule has 2 aromatic carbocycles. The molecule has 4 heteroatoms. The van der Waals surface area contributed by atoms with E-state index in [2.05, 4.69) is 11.4 Å². The van der Waals surface area contributed by atoms with E-state index >= 15 is 0 Å². The summed E-state index contributed by atoms with van der Waals surface area (Å²) in [5, 5.41) is 21.8. The molecule has 22 heavy (non-hydrogen) atoms. The van der Waals surface area contributed by atoms with Crippen molar-refractivity contribution in [2.45, 2.75) is 13.0 Å². The smallest absolute Gasteiger partial charge is 0.119 e. The highest BCUT2D eigenvalue weighted by Gasteiger charge is 2.18. The lowest BCUT2D eigenvalue weighted by molar-refractivity contribution is 0.222. The highest BCUT2D eigenvalue weighted by Crippen LogP contribution is 2.27. The molecule has 114 valence electrons. The molecule has 0 unspecified atom stereocenters. The average Bonchev–Trinajstić information content (AvgIpc) is 2.59. The molecule has 0 fully saturated rings. The molecule has 0 aliphatic rings. The van der Waals surface area contributed by atoms with E-state index in [4.69, 9.17) is 10.00 Å². The summed E-state index contributed by atoms with van der Waals surface area (Å²) in [6.45, 7) is 2.06. The Morgan fingerprint density at radius 3 is 2.27 bits per heavy atom. The van der Waals surface area contributed by atoms with Gasteiger partial charge in [0.1, 0.15) is 5.75 Å². The third-order valence-electron chi connectivity index (χ3n) is 3.67. The lowest BCUT2D eigenvalue weighted by Crippen LogP contribution is -2.21. The topological polar surface area (TPSA) is 65.3 Å². The van der Waals surface area contributed by atoms with Crippen LogP contribution < -0.4 is 10.1 Å². The van der Waals surface area contributed by atoms with Crippen molar-refractivity contribution in [1.29, 1.82) is 5.26 Å². The van der Waals surface area contributed by atoms with Gasteiger partial charge in [-0.1, -0.05) is 19.1 Å². The largest absolute Gasteiger partial charge is 0.497 e. The highest BCUT2D eigenvalue weighted by atomic mass is 16.5. The predicted molar refractivity (Wildman–Crippen MR) is 86.8 cm³/mol. The second-order valence-electron chi connectivity index (χ2n) is 5.24. The van der Waals surface area contributed by atoms with Crippen LogP contribution in [-0.2, 0) is 0 Å². The third-order valence-corrected chi connectivity index (χ3v) is 3.67. The van der Waals surface area contributed by atoms with Gasteiger partial charge in [0.15, 0.2) is 0 Å². The van der Waals surface area contributed by atoms with Crippen molar-refractivity contribution in [3.63, 3.8) is 0 Å². The summed E-state index contributed by atoms with van der Waals surface area (Å²) in [5.74, 6) is 0.839. The van der Waals surface area contributed by atoms with Crippen molar-refractivity contribution in [2.24, 2.45) is 5.92 Å². The highest BCUT2D eigenvalue weighted by molar-refractivity contribution is 5.49. The van der Waals surface area contributed by atoms with Crippen LogP contribution >= 0.6 is 0 Å². The molecule has 2 N–H and O–H groups in total. The van der Waals surface area contributed by atoms with Crippen molar-refractivity contribution < 1.29 is 9.84 Å². The Balaban J connectivity index is 2.23. The number of methoxy groups -OCH3 is 1. The molecule has 0 heterocycles. The number of nitriles is 1. The number of nitrogens with zero attached hydrogens (tertiary/aromatic N) is 1. The average molecular weight is 296 g/mol. The molecular formula is C18H20N2O2. The maximum absolute atomic E-state index is 9.52. The van der Waals surface area contributed by atoms with Gasteiger partial charge >= 0.3 is 0 Å². The molecule has 2 rings (SSSR count). The fraction of sp³-hybridized carbons (Fsp3) is 0.278. The number of benzene rings is 2. The first kappa shape index (κ1) is 15.9. The lowest BCUT2D eigenvalue weighted by atomic mass is 9.94. The van der Waals surface area contributed by atoms with E-state index in [-0.39, 0.29) is 18.6 Å². The monoisotopic (exact) mass is 296 g/mol. The number of hydrogen-bond acceptors (Lipinski definition) is 4. The zero-order valence-corrected chi connectivity index (χ0v) is 12.8. The van der Waals surface area contributed by atoms with Crippen LogP contribution in [0.15, 0.2) is 48.5 Å². The molecule has 0 aliphatic heterocycles. The maximum atomic E-state index is 9.52. The minimum absolute atomic E-state index is 0.0360. The van der Waals surface area contributed by atoms with E-state index in [9.17, 15) is 5.11 Å². The van der Waals surface area contributed by atoms with Gasteiger partial charge in [-0.3, -0.25) is 0 Å². The zero-order valence-electron chi connectivity index (χ0n) is 12.8. The number of rotatable bonds is 6. The van der Waals surface area contributed by atoms with E-state index in [0.29, 0.717) is 5.56 Å². The molecular weight excluding hydrogens is 276 g/mol. The minimum Gasteiger partial charge on any atom is -0.497 e. The number of hydrogen-bond donors (Lipinski definition) is 2. The fourth-order valence-corrected chi connectivity index (χ4v) is 2.29.